The maximum Gasteiger partial charge on any atom is 0.410 e. The summed E-state index contributed by atoms with van der Waals surface area (Å²) >= 11 is 0. The minimum Gasteiger partial charge on any atom is -0.444 e. The SMILES string of the molecule is CC(C)(C)OC(=O)N1CCN(Cc2ccc(C#C[Si](C)(C)C)nc2)CC1. The molecule has 2 heterocycles. The van der Waals surface area contributed by atoms with Crippen molar-refractivity contribution in [2.75, 3.05) is 26.2 Å². The van der Waals surface area contributed by atoms with E-state index in [-0.39, 0.29) is 6.09 Å². The molecule has 0 saturated carbocycles. The minimum atomic E-state index is -1.37. The molecule has 1 aromatic rings. The summed E-state index contributed by atoms with van der Waals surface area (Å²) < 4.78 is 5.44. The largest absolute Gasteiger partial charge is 0.444 e. The van der Waals surface area contributed by atoms with Gasteiger partial charge in [-0.2, -0.15) is 0 Å². The van der Waals surface area contributed by atoms with Gasteiger partial charge in [-0.25, -0.2) is 9.78 Å². The first kappa shape index (κ1) is 20.5. The second kappa shape index (κ2) is 8.23. The topological polar surface area (TPSA) is 45.7 Å². The third kappa shape index (κ3) is 7.18. The summed E-state index contributed by atoms with van der Waals surface area (Å²) in [6.45, 7) is 16.3. The lowest BCUT2D eigenvalue weighted by Crippen LogP contribution is -2.49. The van der Waals surface area contributed by atoms with Crippen molar-refractivity contribution in [2.24, 2.45) is 0 Å². The Morgan fingerprint density at radius 3 is 2.35 bits per heavy atom. The number of hydrogen-bond donors (Lipinski definition) is 0. The Bertz CT molecular complexity index is 670. The standard InChI is InChI=1S/C20H31N3O2Si/c1-20(2,3)25-19(24)23-12-10-22(11-13-23)16-17-7-8-18(21-15-17)9-14-26(4,5)6/h7-8,15H,10-13,16H2,1-6H3. The summed E-state index contributed by atoms with van der Waals surface area (Å²) in [5.74, 6) is 3.18. The molecule has 0 atom stereocenters. The number of piperazine rings is 1. The zero-order chi connectivity index (χ0) is 19.4. The van der Waals surface area contributed by atoms with Gasteiger partial charge in [-0.15, -0.1) is 5.54 Å². The van der Waals surface area contributed by atoms with Crippen LogP contribution in [0.15, 0.2) is 18.3 Å². The van der Waals surface area contributed by atoms with Crippen LogP contribution in [0, 0.1) is 11.5 Å². The van der Waals surface area contributed by atoms with Crippen LogP contribution < -0.4 is 0 Å². The Labute approximate surface area is 158 Å². The van der Waals surface area contributed by atoms with Crippen LogP contribution in [0.4, 0.5) is 4.79 Å². The fourth-order valence-corrected chi connectivity index (χ4v) is 3.02. The smallest absolute Gasteiger partial charge is 0.410 e. The molecule has 0 unspecified atom stereocenters. The fourth-order valence-electron chi connectivity index (χ4n) is 2.52. The molecule has 1 saturated heterocycles. The average Bonchev–Trinajstić information content (AvgIpc) is 2.52. The Hall–Kier alpha value is -1.84. The van der Waals surface area contributed by atoms with Crippen LogP contribution in [0.1, 0.15) is 32.0 Å². The maximum atomic E-state index is 12.1. The fraction of sp³-hybridized carbons (Fsp3) is 0.600. The van der Waals surface area contributed by atoms with Crippen molar-refractivity contribution in [1.82, 2.24) is 14.8 Å². The van der Waals surface area contributed by atoms with Gasteiger partial charge in [0.15, 0.2) is 0 Å². The van der Waals surface area contributed by atoms with Gasteiger partial charge >= 0.3 is 6.09 Å². The van der Waals surface area contributed by atoms with Gasteiger partial charge in [0, 0.05) is 38.9 Å². The van der Waals surface area contributed by atoms with Gasteiger partial charge in [-0.05, 0) is 32.4 Å². The number of carbonyl (C=O) groups is 1. The van der Waals surface area contributed by atoms with Crippen LogP contribution >= 0.6 is 0 Å². The molecule has 2 rings (SSSR count). The van der Waals surface area contributed by atoms with E-state index < -0.39 is 13.7 Å². The molecule has 1 fully saturated rings. The lowest BCUT2D eigenvalue weighted by atomic mass is 10.2. The van der Waals surface area contributed by atoms with Crippen molar-refractivity contribution in [3.8, 4) is 11.5 Å². The molecule has 0 spiro atoms. The van der Waals surface area contributed by atoms with E-state index in [0.29, 0.717) is 13.1 Å². The van der Waals surface area contributed by atoms with Crippen molar-refractivity contribution in [3.05, 3.63) is 29.6 Å². The number of nitrogens with zero attached hydrogens (tertiary/aromatic N) is 3. The highest BCUT2D eigenvalue weighted by molar-refractivity contribution is 6.83. The number of rotatable bonds is 2. The van der Waals surface area contributed by atoms with Gasteiger partial charge in [0.1, 0.15) is 19.4 Å². The number of amides is 1. The van der Waals surface area contributed by atoms with E-state index in [0.717, 1.165) is 25.3 Å². The average molecular weight is 374 g/mol. The Kier molecular flexibility index (Phi) is 6.48. The summed E-state index contributed by atoms with van der Waals surface area (Å²) in [6.07, 6.45) is 1.69. The predicted octanol–water partition coefficient (Wildman–Crippen LogP) is 3.36. The number of carbonyl (C=O) groups excluding carboxylic acids is 1. The summed E-state index contributed by atoms with van der Waals surface area (Å²) in [7, 11) is -1.37. The quantitative estimate of drug-likeness (QED) is 0.589. The normalized spacial score (nSPS) is 16.0. The van der Waals surface area contributed by atoms with Crippen LogP contribution in [0.2, 0.25) is 19.6 Å². The van der Waals surface area contributed by atoms with Crippen molar-refractivity contribution in [1.29, 1.82) is 0 Å². The van der Waals surface area contributed by atoms with Gasteiger partial charge in [0.05, 0.1) is 0 Å². The van der Waals surface area contributed by atoms with E-state index in [1.165, 1.54) is 5.56 Å². The highest BCUT2D eigenvalue weighted by Gasteiger charge is 2.25. The number of ether oxygens (including phenoxy) is 1. The molecule has 1 amide bonds. The van der Waals surface area contributed by atoms with Gasteiger partial charge in [0.2, 0.25) is 0 Å². The Balaban J connectivity index is 1.84. The zero-order valence-corrected chi connectivity index (χ0v) is 17.9. The zero-order valence-electron chi connectivity index (χ0n) is 16.9. The second-order valence-electron chi connectivity index (χ2n) is 8.80. The molecular weight excluding hydrogens is 342 g/mol. The summed E-state index contributed by atoms with van der Waals surface area (Å²) in [6, 6.07) is 4.10. The van der Waals surface area contributed by atoms with E-state index >= 15 is 0 Å². The van der Waals surface area contributed by atoms with Crippen LogP contribution in [0.25, 0.3) is 0 Å². The highest BCUT2D eigenvalue weighted by Crippen LogP contribution is 2.13. The molecule has 0 radical (unpaired) electrons. The molecule has 1 aromatic heterocycles. The van der Waals surface area contributed by atoms with E-state index in [2.05, 4.69) is 47.1 Å². The van der Waals surface area contributed by atoms with Gasteiger partial charge in [-0.1, -0.05) is 31.6 Å². The summed E-state index contributed by atoms with van der Waals surface area (Å²) in [5.41, 5.74) is 4.91. The molecule has 1 aliphatic heterocycles. The summed E-state index contributed by atoms with van der Waals surface area (Å²) in [5, 5.41) is 0. The van der Waals surface area contributed by atoms with Gasteiger partial charge in [0.25, 0.3) is 0 Å². The van der Waals surface area contributed by atoms with Crippen molar-refractivity contribution < 1.29 is 9.53 Å². The molecule has 0 aromatic carbocycles. The predicted molar refractivity (Wildman–Crippen MR) is 108 cm³/mol. The lowest BCUT2D eigenvalue weighted by molar-refractivity contribution is 0.0139. The molecule has 26 heavy (non-hydrogen) atoms. The first-order chi connectivity index (χ1) is 12.0. The molecule has 1 aliphatic rings. The minimum absolute atomic E-state index is 0.218. The van der Waals surface area contributed by atoms with Crippen LogP contribution in [-0.4, -0.2) is 60.7 Å². The third-order valence-corrected chi connectivity index (χ3v) is 4.70. The highest BCUT2D eigenvalue weighted by atomic mass is 28.3. The Morgan fingerprint density at radius 1 is 1.19 bits per heavy atom. The number of aromatic nitrogens is 1. The lowest BCUT2D eigenvalue weighted by Gasteiger charge is -2.35. The number of pyridine rings is 1. The van der Waals surface area contributed by atoms with Crippen molar-refractivity contribution in [3.63, 3.8) is 0 Å². The first-order valence-corrected chi connectivity index (χ1v) is 12.7. The molecule has 0 bridgehead atoms. The van der Waals surface area contributed by atoms with E-state index in [4.69, 9.17) is 4.74 Å². The second-order valence-corrected chi connectivity index (χ2v) is 13.5. The van der Waals surface area contributed by atoms with Crippen LogP contribution in [0.3, 0.4) is 0 Å². The van der Waals surface area contributed by atoms with E-state index in [9.17, 15) is 4.79 Å². The monoisotopic (exact) mass is 373 g/mol. The van der Waals surface area contributed by atoms with E-state index in [1.54, 1.807) is 4.90 Å². The Morgan fingerprint density at radius 2 is 1.85 bits per heavy atom. The molecule has 0 aliphatic carbocycles. The molecule has 0 N–H and O–H groups in total. The maximum absolute atomic E-state index is 12.1. The van der Waals surface area contributed by atoms with Gasteiger partial charge < -0.3 is 9.64 Å². The van der Waals surface area contributed by atoms with Crippen LogP contribution in [0.5, 0.6) is 0 Å². The number of hydrogen-bond acceptors (Lipinski definition) is 4. The molecule has 142 valence electrons. The van der Waals surface area contributed by atoms with Gasteiger partial charge in [-0.3, -0.25) is 4.90 Å². The molecule has 6 heteroatoms. The summed E-state index contributed by atoms with van der Waals surface area (Å²) in [4.78, 5) is 20.7. The van der Waals surface area contributed by atoms with E-state index in [1.807, 2.05) is 33.0 Å². The molecule has 5 nitrogen and oxygen atoms in total. The first-order valence-electron chi connectivity index (χ1n) is 9.20. The molecular formula is C20H31N3O2Si. The third-order valence-electron chi connectivity index (χ3n) is 3.82. The van der Waals surface area contributed by atoms with Crippen molar-refractivity contribution in [2.45, 2.75) is 52.6 Å². The van der Waals surface area contributed by atoms with Crippen LogP contribution in [-0.2, 0) is 11.3 Å². The van der Waals surface area contributed by atoms with Crippen molar-refractivity contribution >= 4 is 14.2 Å².